The number of methoxy groups -OCH3 is 1. The lowest BCUT2D eigenvalue weighted by Crippen LogP contribution is -2.49. The van der Waals surface area contributed by atoms with Gasteiger partial charge in [0.2, 0.25) is 5.91 Å². The number of aromatic nitrogens is 2. The minimum Gasteiger partial charge on any atom is -0.453 e. The molecule has 4 rings (SSSR count). The molecule has 3 aromatic rings. The summed E-state index contributed by atoms with van der Waals surface area (Å²) < 4.78 is 34.0. The molecular weight excluding hydrogens is 472 g/mol. The number of nitrogens with one attached hydrogen (secondary N) is 3. The van der Waals surface area contributed by atoms with Gasteiger partial charge < -0.3 is 15.4 Å². The van der Waals surface area contributed by atoms with E-state index in [2.05, 4.69) is 30.7 Å². The number of hydrogen-bond donors (Lipinski definition) is 3. The molecule has 0 aliphatic heterocycles. The van der Waals surface area contributed by atoms with Crippen molar-refractivity contribution >= 4 is 23.6 Å². The number of halogens is 2. The Kier molecular flexibility index (Phi) is 6.91. The molecule has 0 spiro atoms. The average molecular weight is 495 g/mol. The minimum atomic E-state index is -1.08. The molecule has 1 aliphatic carbocycles. The normalized spacial score (nSPS) is 14.3. The third-order valence-electron chi connectivity index (χ3n) is 5.91. The van der Waals surface area contributed by atoms with Crippen LogP contribution in [0, 0.1) is 11.6 Å². The monoisotopic (exact) mass is 495 g/mol. The number of carbonyl (C=O) groups excluding carboxylic acids is 3. The van der Waals surface area contributed by atoms with Crippen LogP contribution in [0.15, 0.2) is 55.1 Å². The molecule has 186 valence electrons. The van der Waals surface area contributed by atoms with Crippen molar-refractivity contribution in [2.75, 3.05) is 12.4 Å². The number of carbonyl (C=O) groups is 3. The van der Waals surface area contributed by atoms with Crippen LogP contribution < -0.4 is 16.0 Å². The number of para-hydroxylation sites is 1. The van der Waals surface area contributed by atoms with Gasteiger partial charge in [-0.25, -0.2) is 23.5 Å². The second kappa shape index (κ2) is 10.1. The van der Waals surface area contributed by atoms with Gasteiger partial charge in [-0.1, -0.05) is 24.3 Å². The highest BCUT2D eigenvalue weighted by Gasteiger charge is 2.51. The Bertz CT molecular complexity index is 1320. The van der Waals surface area contributed by atoms with E-state index >= 15 is 4.39 Å². The molecule has 0 bridgehead atoms. The van der Waals surface area contributed by atoms with E-state index in [1.165, 1.54) is 43.0 Å². The zero-order valence-corrected chi connectivity index (χ0v) is 19.5. The van der Waals surface area contributed by atoms with Crippen LogP contribution in [-0.4, -0.2) is 40.5 Å². The highest BCUT2D eigenvalue weighted by atomic mass is 19.1. The van der Waals surface area contributed by atoms with E-state index in [9.17, 15) is 18.8 Å². The lowest BCUT2D eigenvalue weighted by Gasteiger charge is -2.22. The number of benzene rings is 2. The Morgan fingerprint density at radius 2 is 1.78 bits per heavy atom. The van der Waals surface area contributed by atoms with Crippen molar-refractivity contribution < 1.29 is 27.9 Å². The fourth-order valence-electron chi connectivity index (χ4n) is 3.74. The van der Waals surface area contributed by atoms with Crippen LogP contribution in [-0.2, 0) is 9.53 Å². The molecule has 1 atom stereocenters. The molecule has 0 unspecified atom stereocenters. The average Bonchev–Trinajstić information content (AvgIpc) is 3.66. The van der Waals surface area contributed by atoms with Gasteiger partial charge in [-0.15, -0.1) is 0 Å². The quantitative estimate of drug-likeness (QED) is 0.459. The second-order valence-electron chi connectivity index (χ2n) is 8.37. The lowest BCUT2D eigenvalue weighted by molar-refractivity contribution is -0.124. The molecule has 36 heavy (non-hydrogen) atoms. The Morgan fingerprint density at radius 3 is 2.42 bits per heavy atom. The zero-order valence-electron chi connectivity index (χ0n) is 19.5. The highest BCUT2D eigenvalue weighted by molar-refractivity contribution is 6.00. The third kappa shape index (κ3) is 5.14. The van der Waals surface area contributed by atoms with Crippen molar-refractivity contribution in [3.8, 4) is 11.1 Å². The molecule has 0 radical (unpaired) electrons. The van der Waals surface area contributed by atoms with Gasteiger partial charge in [0, 0.05) is 23.5 Å². The standard InChI is InChI=1S/C25H23F2N5O4/c1-14(30-23(34)25(8-9-25)32-22(33)16-11-28-13-29-12-16)17-7-6-15(10-20(17)27)18-4-3-5-19(26)21(18)31-24(35)36-2/h3-7,10-14H,8-9H2,1-2H3,(H,30,34)(H,31,35)(H,32,33)/t14-/m1/s1. The smallest absolute Gasteiger partial charge is 0.411 e. The van der Waals surface area contributed by atoms with E-state index in [1.54, 1.807) is 13.0 Å². The van der Waals surface area contributed by atoms with Crippen molar-refractivity contribution in [2.24, 2.45) is 0 Å². The van der Waals surface area contributed by atoms with Gasteiger partial charge in [-0.3, -0.25) is 14.9 Å². The summed E-state index contributed by atoms with van der Waals surface area (Å²) in [6.07, 6.45) is 4.02. The van der Waals surface area contributed by atoms with Crippen LogP contribution >= 0.6 is 0 Å². The summed E-state index contributed by atoms with van der Waals surface area (Å²) in [5.74, 6) is -2.25. The summed E-state index contributed by atoms with van der Waals surface area (Å²) in [5, 5.41) is 7.77. The Labute approximate surface area is 205 Å². The largest absolute Gasteiger partial charge is 0.453 e. The number of nitrogens with zero attached hydrogens (tertiary/aromatic N) is 2. The van der Waals surface area contributed by atoms with Crippen LogP contribution in [0.5, 0.6) is 0 Å². The fraction of sp³-hybridized carbons (Fsp3) is 0.240. The minimum absolute atomic E-state index is 0.145. The van der Waals surface area contributed by atoms with E-state index in [4.69, 9.17) is 0 Å². The molecular formula is C25H23F2N5O4. The van der Waals surface area contributed by atoms with Gasteiger partial charge >= 0.3 is 6.09 Å². The molecule has 2 aromatic carbocycles. The molecule has 9 nitrogen and oxygen atoms in total. The first-order valence-corrected chi connectivity index (χ1v) is 11.1. The van der Waals surface area contributed by atoms with Crippen molar-refractivity contribution in [2.45, 2.75) is 31.3 Å². The van der Waals surface area contributed by atoms with Gasteiger partial charge in [0.15, 0.2) is 0 Å². The number of ether oxygens (including phenoxy) is 1. The molecule has 1 aromatic heterocycles. The van der Waals surface area contributed by atoms with E-state index in [-0.39, 0.29) is 22.4 Å². The van der Waals surface area contributed by atoms with Crippen LogP contribution in [0.4, 0.5) is 19.3 Å². The van der Waals surface area contributed by atoms with E-state index in [0.717, 1.165) is 13.2 Å². The molecule has 11 heteroatoms. The molecule has 3 N–H and O–H groups in total. The van der Waals surface area contributed by atoms with Gasteiger partial charge in [-0.2, -0.15) is 0 Å². The molecule has 0 saturated heterocycles. The van der Waals surface area contributed by atoms with Crippen LogP contribution in [0.25, 0.3) is 11.1 Å². The van der Waals surface area contributed by atoms with E-state index in [1.807, 2.05) is 0 Å². The van der Waals surface area contributed by atoms with Crippen LogP contribution in [0.2, 0.25) is 0 Å². The van der Waals surface area contributed by atoms with Crippen LogP contribution in [0.3, 0.4) is 0 Å². The summed E-state index contributed by atoms with van der Waals surface area (Å²) in [6, 6.07) is 7.64. The first kappa shape index (κ1) is 24.7. The zero-order chi connectivity index (χ0) is 25.9. The molecule has 1 heterocycles. The van der Waals surface area contributed by atoms with Gasteiger partial charge in [0.1, 0.15) is 23.5 Å². The topological polar surface area (TPSA) is 122 Å². The number of anilines is 1. The van der Waals surface area contributed by atoms with E-state index < -0.39 is 41.1 Å². The highest BCUT2D eigenvalue weighted by Crippen LogP contribution is 2.37. The molecule has 1 saturated carbocycles. The Hall–Kier alpha value is -4.41. The Morgan fingerprint density at radius 1 is 1.06 bits per heavy atom. The molecule has 1 aliphatic rings. The lowest BCUT2D eigenvalue weighted by atomic mass is 9.99. The maximum atomic E-state index is 15.1. The number of rotatable bonds is 7. The molecule has 1 fully saturated rings. The summed E-state index contributed by atoms with van der Waals surface area (Å²) in [6.45, 7) is 1.62. The summed E-state index contributed by atoms with van der Waals surface area (Å²) in [4.78, 5) is 44.6. The third-order valence-corrected chi connectivity index (χ3v) is 5.91. The summed E-state index contributed by atoms with van der Waals surface area (Å²) in [7, 11) is 1.15. The van der Waals surface area contributed by atoms with E-state index in [0.29, 0.717) is 18.4 Å². The summed E-state index contributed by atoms with van der Waals surface area (Å²) >= 11 is 0. The van der Waals surface area contributed by atoms with Gasteiger partial charge in [0.25, 0.3) is 5.91 Å². The fourth-order valence-corrected chi connectivity index (χ4v) is 3.74. The van der Waals surface area contributed by atoms with Crippen LogP contribution in [0.1, 0.15) is 41.7 Å². The van der Waals surface area contributed by atoms with Crippen molar-refractivity contribution in [1.29, 1.82) is 0 Å². The van der Waals surface area contributed by atoms with Crippen molar-refractivity contribution in [3.63, 3.8) is 0 Å². The first-order valence-electron chi connectivity index (χ1n) is 11.1. The Balaban J connectivity index is 1.49. The maximum Gasteiger partial charge on any atom is 0.411 e. The number of amides is 3. The SMILES string of the molecule is COC(=O)Nc1c(F)cccc1-c1ccc([C@@H](C)NC(=O)C2(NC(=O)c3cncnc3)CC2)c(F)c1. The van der Waals surface area contributed by atoms with Crippen molar-refractivity contribution in [3.05, 3.63) is 77.9 Å². The maximum absolute atomic E-state index is 15.1. The second-order valence-corrected chi connectivity index (χ2v) is 8.37. The predicted octanol–water partition coefficient (Wildman–Crippen LogP) is 3.74. The first-order chi connectivity index (χ1) is 17.2. The predicted molar refractivity (Wildman–Crippen MR) is 126 cm³/mol. The molecule has 3 amide bonds. The number of hydrogen-bond acceptors (Lipinski definition) is 6. The summed E-state index contributed by atoms with van der Waals surface area (Å²) in [5.41, 5.74) is -0.223. The van der Waals surface area contributed by atoms with Gasteiger partial charge in [0.05, 0.1) is 24.4 Å². The van der Waals surface area contributed by atoms with Gasteiger partial charge in [-0.05, 0) is 37.5 Å². The van der Waals surface area contributed by atoms with Crippen molar-refractivity contribution in [1.82, 2.24) is 20.6 Å².